The first-order valence-corrected chi connectivity index (χ1v) is 9.57. The molecule has 0 aliphatic rings. The van der Waals surface area contributed by atoms with E-state index in [-0.39, 0.29) is 11.9 Å². The van der Waals surface area contributed by atoms with Gasteiger partial charge >= 0.3 is 5.76 Å². The van der Waals surface area contributed by atoms with Gasteiger partial charge in [-0.3, -0.25) is 9.36 Å². The maximum Gasteiger partial charge on any atom is 0.419 e. The van der Waals surface area contributed by atoms with Crippen molar-refractivity contribution in [1.82, 2.24) is 9.88 Å². The largest absolute Gasteiger partial charge is 0.493 e. The van der Waals surface area contributed by atoms with Crippen molar-refractivity contribution in [1.29, 1.82) is 0 Å². The minimum Gasteiger partial charge on any atom is -0.493 e. The van der Waals surface area contributed by atoms with Crippen LogP contribution in [0.25, 0.3) is 22.2 Å². The van der Waals surface area contributed by atoms with Gasteiger partial charge in [0.1, 0.15) is 5.75 Å². The molecule has 1 amide bonds. The normalized spacial score (nSPS) is 11.2. The topological polar surface area (TPSA) is 82.7 Å². The Balaban J connectivity index is 2.00. The molecule has 2 aromatic carbocycles. The van der Waals surface area contributed by atoms with Gasteiger partial charge in [0.2, 0.25) is 0 Å². The molecule has 3 aromatic rings. The number of hydrogen-bond donors (Lipinski definition) is 1. The van der Waals surface area contributed by atoms with Crippen LogP contribution in [0.15, 0.2) is 45.6 Å². The van der Waals surface area contributed by atoms with E-state index in [0.717, 1.165) is 17.5 Å². The number of carbonyl (C=O) groups is 1. The molecule has 154 valence electrons. The molecule has 0 saturated carbocycles. The lowest BCUT2D eigenvalue weighted by Crippen LogP contribution is -2.30. The van der Waals surface area contributed by atoms with Crippen molar-refractivity contribution in [3.63, 3.8) is 0 Å². The summed E-state index contributed by atoms with van der Waals surface area (Å²) in [6.45, 7) is 4.88. The maximum absolute atomic E-state index is 12.4. The van der Waals surface area contributed by atoms with Crippen LogP contribution in [-0.2, 0) is 11.8 Å². The maximum atomic E-state index is 12.4. The van der Waals surface area contributed by atoms with Crippen LogP contribution in [0.3, 0.4) is 0 Å². The van der Waals surface area contributed by atoms with Crippen LogP contribution in [0, 0.1) is 0 Å². The number of methoxy groups -OCH3 is 1. The van der Waals surface area contributed by atoms with Crippen LogP contribution in [0.1, 0.15) is 30.6 Å². The van der Waals surface area contributed by atoms with E-state index < -0.39 is 5.76 Å². The second kappa shape index (κ2) is 8.96. The number of ether oxygens (including phenoxy) is 2. The van der Waals surface area contributed by atoms with Gasteiger partial charge < -0.3 is 19.2 Å². The minimum absolute atomic E-state index is 0.0398. The fourth-order valence-electron chi connectivity index (χ4n) is 3.05. The number of hydrogen-bond acceptors (Lipinski definition) is 5. The van der Waals surface area contributed by atoms with Gasteiger partial charge in [0.15, 0.2) is 5.58 Å². The van der Waals surface area contributed by atoms with E-state index in [1.54, 1.807) is 32.4 Å². The molecule has 0 aliphatic carbocycles. The lowest BCUT2D eigenvalue weighted by molar-refractivity contribution is 0.0942. The summed E-state index contributed by atoms with van der Waals surface area (Å²) in [4.78, 5) is 24.2. The molecule has 0 bridgehead atoms. The number of oxazole rings is 1. The number of rotatable bonds is 8. The van der Waals surface area contributed by atoms with E-state index in [4.69, 9.17) is 13.9 Å². The summed E-state index contributed by atoms with van der Waals surface area (Å²) in [6.07, 6.45) is 0.730. The molecular formula is C22H26N2O5. The smallest absolute Gasteiger partial charge is 0.419 e. The molecule has 7 heteroatoms. The number of aromatic nitrogens is 1. The minimum atomic E-state index is -0.408. The third-order valence-corrected chi connectivity index (χ3v) is 4.52. The summed E-state index contributed by atoms with van der Waals surface area (Å²) >= 11 is 0. The van der Waals surface area contributed by atoms with E-state index in [2.05, 4.69) is 5.32 Å². The zero-order valence-electron chi connectivity index (χ0n) is 17.2. The fourth-order valence-corrected chi connectivity index (χ4v) is 3.05. The molecule has 0 fully saturated rings. The van der Waals surface area contributed by atoms with E-state index in [1.807, 2.05) is 32.0 Å². The molecule has 0 aliphatic heterocycles. The van der Waals surface area contributed by atoms with Gasteiger partial charge in [-0.2, -0.15) is 0 Å². The van der Waals surface area contributed by atoms with Crippen LogP contribution in [0.2, 0.25) is 0 Å². The average molecular weight is 398 g/mol. The van der Waals surface area contributed by atoms with Gasteiger partial charge in [0, 0.05) is 44.4 Å². The molecule has 1 heterocycles. The molecule has 7 nitrogen and oxygen atoms in total. The number of nitrogens with zero attached hydrogens (tertiary/aromatic N) is 1. The number of aryl methyl sites for hydroxylation is 1. The third kappa shape index (κ3) is 4.68. The number of fused-ring (bicyclic) bond motifs is 1. The average Bonchev–Trinajstić information content (AvgIpc) is 2.98. The SMILES string of the molecule is COCCCOc1cc(C(=O)NC(C)C)ccc1-c1ccc2oc(=O)n(C)c2c1. The lowest BCUT2D eigenvalue weighted by Gasteiger charge is -2.15. The first-order chi connectivity index (χ1) is 13.9. The Morgan fingerprint density at radius 2 is 1.97 bits per heavy atom. The first kappa shape index (κ1) is 20.7. The van der Waals surface area contributed by atoms with Crippen molar-refractivity contribution < 1.29 is 18.7 Å². The van der Waals surface area contributed by atoms with Crippen molar-refractivity contribution in [3.05, 3.63) is 52.5 Å². The Kier molecular flexibility index (Phi) is 6.39. The van der Waals surface area contributed by atoms with Crippen molar-refractivity contribution in [3.8, 4) is 16.9 Å². The Hall–Kier alpha value is -3.06. The summed E-state index contributed by atoms with van der Waals surface area (Å²) in [5.74, 6) is 0.0419. The van der Waals surface area contributed by atoms with E-state index in [1.165, 1.54) is 4.57 Å². The van der Waals surface area contributed by atoms with Crippen molar-refractivity contribution in [2.75, 3.05) is 20.3 Å². The number of carbonyl (C=O) groups excluding carboxylic acids is 1. The molecule has 0 atom stereocenters. The number of amides is 1. The Morgan fingerprint density at radius 3 is 2.69 bits per heavy atom. The summed E-state index contributed by atoms with van der Waals surface area (Å²) in [5.41, 5.74) is 3.45. The number of nitrogens with one attached hydrogen (secondary N) is 1. The quantitative estimate of drug-likeness (QED) is 0.589. The van der Waals surface area contributed by atoms with Gasteiger partial charge in [-0.25, -0.2) is 4.79 Å². The predicted molar refractivity (Wildman–Crippen MR) is 111 cm³/mol. The van der Waals surface area contributed by atoms with Gasteiger partial charge in [0.25, 0.3) is 5.91 Å². The summed E-state index contributed by atoms with van der Waals surface area (Å²) in [7, 11) is 3.31. The molecule has 3 rings (SSSR count). The van der Waals surface area contributed by atoms with E-state index in [9.17, 15) is 9.59 Å². The highest BCUT2D eigenvalue weighted by atomic mass is 16.5. The van der Waals surface area contributed by atoms with Crippen LogP contribution >= 0.6 is 0 Å². The number of benzene rings is 2. The first-order valence-electron chi connectivity index (χ1n) is 9.57. The van der Waals surface area contributed by atoms with Crippen LogP contribution < -0.4 is 15.8 Å². The highest BCUT2D eigenvalue weighted by Crippen LogP contribution is 2.33. The summed E-state index contributed by atoms with van der Waals surface area (Å²) < 4.78 is 17.7. The molecule has 0 radical (unpaired) electrons. The van der Waals surface area contributed by atoms with E-state index in [0.29, 0.717) is 35.6 Å². The Labute approximate surface area is 169 Å². The van der Waals surface area contributed by atoms with Gasteiger partial charge in [-0.15, -0.1) is 0 Å². The highest BCUT2D eigenvalue weighted by Gasteiger charge is 2.15. The summed E-state index contributed by atoms with van der Waals surface area (Å²) in [6, 6.07) is 10.9. The lowest BCUT2D eigenvalue weighted by atomic mass is 10.0. The van der Waals surface area contributed by atoms with E-state index >= 15 is 0 Å². The van der Waals surface area contributed by atoms with Crippen molar-refractivity contribution >= 4 is 17.0 Å². The molecule has 1 N–H and O–H groups in total. The molecule has 1 aromatic heterocycles. The third-order valence-electron chi connectivity index (χ3n) is 4.52. The predicted octanol–water partition coefficient (Wildman–Crippen LogP) is 3.35. The standard InChI is InChI=1S/C22H26N2O5/c1-14(2)23-21(25)16-6-8-17(20(13-16)28-11-5-10-27-4)15-7-9-19-18(12-15)24(3)22(26)29-19/h6-9,12-14H,5,10-11H2,1-4H3,(H,23,25). The van der Waals surface area contributed by atoms with Crippen LogP contribution in [0.4, 0.5) is 0 Å². The highest BCUT2D eigenvalue weighted by molar-refractivity contribution is 5.96. The Bertz CT molecular complexity index is 1060. The summed E-state index contributed by atoms with van der Waals surface area (Å²) in [5, 5.41) is 2.89. The monoisotopic (exact) mass is 398 g/mol. The van der Waals surface area contributed by atoms with Crippen molar-refractivity contribution in [2.45, 2.75) is 26.3 Å². The van der Waals surface area contributed by atoms with Gasteiger partial charge in [0.05, 0.1) is 12.1 Å². The zero-order valence-corrected chi connectivity index (χ0v) is 17.2. The van der Waals surface area contributed by atoms with Crippen molar-refractivity contribution in [2.24, 2.45) is 7.05 Å². The van der Waals surface area contributed by atoms with Gasteiger partial charge in [-0.05, 0) is 49.7 Å². The zero-order chi connectivity index (χ0) is 21.0. The molecule has 0 unspecified atom stereocenters. The van der Waals surface area contributed by atoms with Gasteiger partial charge in [-0.1, -0.05) is 6.07 Å². The molecule has 29 heavy (non-hydrogen) atoms. The van der Waals surface area contributed by atoms with Crippen LogP contribution in [-0.4, -0.2) is 36.8 Å². The molecular weight excluding hydrogens is 372 g/mol. The second-order valence-electron chi connectivity index (χ2n) is 7.14. The van der Waals surface area contributed by atoms with Crippen LogP contribution in [0.5, 0.6) is 5.75 Å². The Morgan fingerprint density at radius 1 is 1.17 bits per heavy atom. The molecule has 0 spiro atoms. The molecule has 0 saturated heterocycles. The second-order valence-corrected chi connectivity index (χ2v) is 7.14. The fraction of sp³-hybridized carbons (Fsp3) is 0.364.